The number of aliphatic hydroxyl groups excluding tert-OH is 1. The van der Waals surface area contributed by atoms with Crippen LogP contribution in [0.25, 0.3) is 0 Å². The van der Waals surface area contributed by atoms with Crippen LogP contribution in [0.15, 0.2) is 12.1 Å². The molecule has 0 saturated heterocycles. The number of benzene rings is 1. The van der Waals surface area contributed by atoms with Crippen molar-refractivity contribution in [2.24, 2.45) is 0 Å². The largest absolute Gasteiger partial charge is 0.389 e. The highest BCUT2D eigenvalue weighted by Crippen LogP contribution is 2.37. The minimum absolute atomic E-state index is 0.296. The monoisotopic (exact) mass is 262 g/mol. The molecule has 0 aromatic heterocycles. The van der Waals surface area contributed by atoms with Gasteiger partial charge in [-0.15, -0.1) is 0 Å². The molecule has 1 atom stereocenters. The maximum absolute atomic E-state index is 13.7. The molecule has 1 unspecified atom stereocenters. The van der Waals surface area contributed by atoms with E-state index in [4.69, 9.17) is 5.26 Å². The van der Waals surface area contributed by atoms with E-state index >= 15 is 0 Å². The van der Waals surface area contributed by atoms with Gasteiger partial charge < -0.3 is 10.0 Å². The molecule has 0 bridgehead atoms. The maximum Gasteiger partial charge on any atom is 0.126 e. The molecule has 102 valence electrons. The van der Waals surface area contributed by atoms with Crippen LogP contribution >= 0.6 is 0 Å². The van der Waals surface area contributed by atoms with E-state index in [2.05, 4.69) is 11.0 Å². The number of hydrogen-bond acceptors (Lipinski definition) is 3. The molecular weight excluding hydrogens is 243 g/mol. The Kier molecular flexibility index (Phi) is 4.06. The van der Waals surface area contributed by atoms with Gasteiger partial charge >= 0.3 is 0 Å². The first-order chi connectivity index (χ1) is 9.04. The second-order valence-electron chi connectivity index (χ2n) is 5.17. The Morgan fingerprint density at radius 2 is 2.21 bits per heavy atom. The zero-order valence-electron chi connectivity index (χ0n) is 11.4. The van der Waals surface area contributed by atoms with E-state index in [1.165, 1.54) is 6.07 Å². The summed E-state index contributed by atoms with van der Waals surface area (Å²) >= 11 is 0. The number of aliphatic hydroxyl groups is 1. The molecule has 2 rings (SSSR count). The van der Waals surface area contributed by atoms with E-state index in [-0.39, 0.29) is 5.82 Å². The van der Waals surface area contributed by atoms with Crippen molar-refractivity contribution < 1.29 is 9.50 Å². The van der Waals surface area contributed by atoms with Crippen molar-refractivity contribution >= 4 is 5.69 Å². The molecule has 0 aliphatic heterocycles. The first kappa shape index (κ1) is 13.8. The molecule has 1 fully saturated rings. The number of anilines is 1. The summed E-state index contributed by atoms with van der Waals surface area (Å²) in [5, 5.41) is 18.6. The van der Waals surface area contributed by atoms with Crippen LogP contribution in [0.1, 0.15) is 43.4 Å². The molecule has 1 aromatic carbocycles. The van der Waals surface area contributed by atoms with Gasteiger partial charge in [0.15, 0.2) is 0 Å². The van der Waals surface area contributed by atoms with E-state index < -0.39 is 6.10 Å². The van der Waals surface area contributed by atoms with Crippen molar-refractivity contribution in [2.45, 2.75) is 45.3 Å². The highest BCUT2D eigenvalue weighted by atomic mass is 19.1. The van der Waals surface area contributed by atoms with Crippen LogP contribution in [0.5, 0.6) is 0 Å². The van der Waals surface area contributed by atoms with Gasteiger partial charge in [0.1, 0.15) is 5.82 Å². The van der Waals surface area contributed by atoms with Crippen LogP contribution in [-0.4, -0.2) is 17.7 Å². The lowest BCUT2D eigenvalue weighted by atomic mass is 10.0. The van der Waals surface area contributed by atoms with Crippen LogP contribution in [-0.2, 0) is 0 Å². The van der Waals surface area contributed by atoms with Gasteiger partial charge in [0.25, 0.3) is 0 Å². The summed E-state index contributed by atoms with van der Waals surface area (Å²) in [6.45, 7) is 4.00. The molecule has 19 heavy (non-hydrogen) atoms. The third kappa shape index (κ3) is 3.05. The van der Waals surface area contributed by atoms with Crippen LogP contribution in [0.4, 0.5) is 10.1 Å². The van der Waals surface area contributed by atoms with Gasteiger partial charge in [-0.3, -0.25) is 0 Å². The van der Waals surface area contributed by atoms with E-state index in [0.29, 0.717) is 30.1 Å². The van der Waals surface area contributed by atoms with Crippen LogP contribution < -0.4 is 4.90 Å². The summed E-state index contributed by atoms with van der Waals surface area (Å²) in [4.78, 5) is 2.14. The molecule has 0 heterocycles. The first-order valence-corrected chi connectivity index (χ1v) is 6.66. The van der Waals surface area contributed by atoms with Crippen molar-refractivity contribution in [2.75, 3.05) is 11.4 Å². The zero-order valence-corrected chi connectivity index (χ0v) is 11.4. The minimum Gasteiger partial charge on any atom is -0.389 e. The summed E-state index contributed by atoms with van der Waals surface area (Å²) < 4.78 is 13.7. The van der Waals surface area contributed by atoms with Gasteiger partial charge in [-0.05, 0) is 44.4 Å². The summed E-state index contributed by atoms with van der Waals surface area (Å²) in [7, 11) is 0. The quantitative estimate of drug-likeness (QED) is 0.887. The fraction of sp³-hybridized carbons (Fsp3) is 0.533. The van der Waals surface area contributed by atoms with Gasteiger partial charge in [-0.1, -0.05) is 0 Å². The Labute approximate surface area is 113 Å². The highest BCUT2D eigenvalue weighted by molar-refractivity contribution is 5.58. The number of halogens is 1. The maximum atomic E-state index is 13.7. The van der Waals surface area contributed by atoms with E-state index in [0.717, 1.165) is 18.5 Å². The van der Waals surface area contributed by atoms with Crippen molar-refractivity contribution in [1.82, 2.24) is 0 Å². The molecule has 1 saturated carbocycles. The predicted molar refractivity (Wildman–Crippen MR) is 72.4 cm³/mol. The van der Waals surface area contributed by atoms with E-state index in [9.17, 15) is 9.50 Å². The minimum atomic E-state index is -0.714. The number of nitrogens with zero attached hydrogens (tertiary/aromatic N) is 2. The Balaban J connectivity index is 2.39. The molecule has 3 nitrogen and oxygen atoms in total. The summed E-state index contributed by atoms with van der Waals surface area (Å²) in [6, 6.07) is 5.77. The van der Waals surface area contributed by atoms with Gasteiger partial charge in [0, 0.05) is 23.8 Å². The Morgan fingerprint density at radius 1 is 1.53 bits per heavy atom. The summed E-state index contributed by atoms with van der Waals surface area (Å²) in [5.74, 6) is -0.296. The summed E-state index contributed by atoms with van der Waals surface area (Å²) in [6.07, 6.45) is 1.92. The van der Waals surface area contributed by atoms with Crippen molar-refractivity contribution in [3.8, 4) is 6.07 Å². The zero-order chi connectivity index (χ0) is 14.0. The van der Waals surface area contributed by atoms with Gasteiger partial charge in [-0.2, -0.15) is 5.26 Å². The Hall–Kier alpha value is -1.60. The topological polar surface area (TPSA) is 47.3 Å². The van der Waals surface area contributed by atoms with E-state index in [1.54, 1.807) is 19.9 Å². The molecule has 1 aromatic rings. The van der Waals surface area contributed by atoms with E-state index in [1.807, 2.05) is 0 Å². The predicted octanol–water partition coefficient (Wildman–Crippen LogP) is 3.07. The average molecular weight is 262 g/mol. The standard InChI is InChI=1S/C15H19FN2O/c1-10-8-15(13(11(2)19)9-14(10)16)18(7-3-6-17)12-4-5-12/h8-9,11-12,19H,3-5,7H2,1-2H3. The van der Waals surface area contributed by atoms with Crippen LogP contribution in [0.3, 0.4) is 0 Å². The van der Waals surface area contributed by atoms with Gasteiger partial charge in [0.05, 0.1) is 18.6 Å². The second-order valence-corrected chi connectivity index (χ2v) is 5.17. The fourth-order valence-corrected chi connectivity index (χ4v) is 2.32. The Bertz CT molecular complexity index is 504. The number of aryl methyl sites for hydroxylation is 1. The molecule has 1 aliphatic carbocycles. The van der Waals surface area contributed by atoms with Crippen molar-refractivity contribution in [3.63, 3.8) is 0 Å². The van der Waals surface area contributed by atoms with Crippen molar-refractivity contribution in [3.05, 3.63) is 29.1 Å². The summed E-state index contributed by atoms with van der Waals surface area (Å²) in [5.41, 5.74) is 2.04. The SMILES string of the molecule is Cc1cc(N(CCC#N)C2CC2)c(C(C)O)cc1F. The second kappa shape index (κ2) is 5.58. The fourth-order valence-electron chi connectivity index (χ4n) is 2.32. The lowest BCUT2D eigenvalue weighted by Gasteiger charge is -2.28. The average Bonchev–Trinajstić information content (AvgIpc) is 3.17. The molecule has 1 N–H and O–H groups in total. The number of hydrogen-bond donors (Lipinski definition) is 1. The smallest absolute Gasteiger partial charge is 0.126 e. The van der Waals surface area contributed by atoms with Gasteiger partial charge in [0.2, 0.25) is 0 Å². The molecule has 0 radical (unpaired) electrons. The third-order valence-electron chi connectivity index (χ3n) is 3.52. The van der Waals surface area contributed by atoms with Crippen LogP contribution in [0, 0.1) is 24.1 Å². The molecular formula is C15H19FN2O. The lowest BCUT2D eigenvalue weighted by molar-refractivity contribution is 0.199. The molecule has 0 spiro atoms. The normalized spacial score (nSPS) is 15.9. The highest BCUT2D eigenvalue weighted by Gasteiger charge is 2.31. The third-order valence-corrected chi connectivity index (χ3v) is 3.52. The van der Waals surface area contributed by atoms with Crippen LogP contribution in [0.2, 0.25) is 0 Å². The molecule has 0 amide bonds. The molecule has 4 heteroatoms. The molecule has 1 aliphatic rings. The lowest BCUT2D eigenvalue weighted by Crippen LogP contribution is -2.28. The first-order valence-electron chi connectivity index (χ1n) is 6.66. The Morgan fingerprint density at radius 3 is 2.74 bits per heavy atom. The van der Waals surface area contributed by atoms with Gasteiger partial charge in [-0.25, -0.2) is 4.39 Å². The number of rotatable bonds is 5. The number of nitriles is 1. The van der Waals surface area contributed by atoms with Crippen molar-refractivity contribution in [1.29, 1.82) is 5.26 Å².